The van der Waals surface area contributed by atoms with Crippen LogP contribution in [-0.2, 0) is 9.05 Å². The lowest BCUT2D eigenvalue weighted by atomic mass is 10.1. The van der Waals surface area contributed by atoms with Crippen LogP contribution in [0.5, 0.6) is 17.2 Å². The van der Waals surface area contributed by atoms with E-state index in [1.807, 2.05) is 0 Å². The Kier molecular flexibility index (Phi) is 5.21. The molecule has 0 fully saturated rings. The molecule has 0 N–H and O–H groups in total. The van der Waals surface area contributed by atoms with E-state index in [1.54, 1.807) is 0 Å². The minimum Gasteiger partial charge on any atom is -0.496 e. The summed E-state index contributed by atoms with van der Waals surface area (Å²) in [6, 6.07) is 2.22. The average molecular weight is 349 g/mol. The first-order valence-corrected chi connectivity index (χ1v) is 7.73. The summed E-state index contributed by atoms with van der Waals surface area (Å²) in [7, 11) is 3.41. The van der Waals surface area contributed by atoms with Gasteiger partial charge in [0.05, 0.1) is 26.9 Å². The highest BCUT2D eigenvalue weighted by atomic mass is 35.7. The lowest BCUT2D eigenvalue weighted by Crippen LogP contribution is -2.27. The predicted molar refractivity (Wildman–Crippen MR) is 69.7 cm³/mol. The highest BCUT2D eigenvalue weighted by Crippen LogP contribution is 2.49. The van der Waals surface area contributed by atoms with Gasteiger partial charge in [-0.05, 0) is 0 Å². The van der Waals surface area contributed by atoms with Gasteiger partial charge in [0.2, 0.25) is 14.3 Å². The van der Waals surface area contributed by atoms with Gasteiger partial charge in [-0.3, -0.25) is 0 Å². The van der Waals surface area contributed by atoms with Crippen molar-refractivity contribution in [1.82, 2.24) is 0 Å². The van der Waals surface area contributed by atoms with E-state index >= 15 is 0 Å². The Bertz CT molecular complexity index is 590. The third-order valence-electron chi connectivity index (χ3n) is 2.59. The zero-order chi connectivity index (χ0) is 16.4. The van der Waals surface area contributed by atoms with Crippen LogP contribution in [0.25, 0.3) is 0 Å². The average Bonchev–Trinajstić information content (AvgIpc) is 2.35. The van der Waals surface area contributed by atoms with Crippen LogP contribution in [-0.4, -0.2) is 35.9 Å². The molecule has 1 unspecified atom stereocenters. The molecule has 1 atom stereocenters. The summed E-state index contributed by atoms with van der Waals surface area (Å²) in [4.78, 5) is 0. The maximum atomic E-state index is 13.1. The van der Waals surface area contributed by atoms with E-state index in [4.69, 9.17) is 24.9 Å². The predicted octanol–water partition coefficient (Wildman–Crippen LogP) is 2.88. The summed E-state index contributed by atoms with van der Waals surface area (Å²) in [5.74, 6) is -0.587. The van der Waals surface area contributed by atoms with Gasteiger partial charge in [-0.1, -0.05) is 0 Å². The quantitative estimate of drug-likeness (QED) is 0.766. The molecule has 0 saturated carbocycles. The third kappa shape index (κ3) is 3.85. The minimum absolute atomic E-state index is 0.139. The normalized spacial score (nSPS) is 13.7. The van der Waals surface area contributed by atoms with E-state index in [-0.39, 0.29) is 17.2 Å². The topological polar surface area (TPSA) is 61.8 Å². The van der Waals surface area contributed by atoms with Crippen LogP contribution in [0.3, 0.4) is 0 Å². The largest absolute Gasteiger partial charge is 0.496 e. The van der Waals surface area contributed by atoms with Gasteiger partial charge in [-0.2, -0.15) is 13.2 Å². The van der Waals surface area contributed by atoms with Crippen LogP contribution in [0, 0.1) is 0 Å². The summed E-state index contributed by atoms with van der Waals surface area (Å²) in [6.45, 7) is 0. The molecule has 0 aliphatic heterocycles. The van der Waals surface area contributed by atoms with E-state index in [9.17, 15) is 21.6 Å². The van der Waals surface area contributed by atoms with E-state index in [0.29, 0.717) is 0 Å². The van der Waals surface area contributed by atoms with Gasteiger partial charge in [0.1, 0.15) is 17.2 Å². The van der Waals surface area contributed by atoms with E-state index in [0.717, 1.165) is 26.4 Å². The molecule has 0 spiro atoms. The molecule has 1 rings (SSSR count). The number of hydrogen-bond acceptors (Lipinski definition) is 5. The van der Waals surface area contributed by atoms with E-state index in [2.05, 4.69) is 0 Å². The molecule has 5 nitrogen and oxygen atoms in total. The Morgan fingerprint density at radius 3 is 1.71 bits per heavy atom. The van der Waals surface area contributed by atoms with Crippen LogP contribution in [0.15, 0.2) is 12.1 Å². The molecule has 10 heteroatoms. The number of methoxy groups -OCH3 is 3. The smallest absolute Gasteiger partial charge is 0.411 e. The van der Waals surface area contributed by atoms with Crippen molar-refractivity contribution in [3.05, 3.63) is 17.7 Å². The fourth-order valence-electron chi connectivity index (χ4n) is 1.76. The highest BCUT2D eigenvalue weighted by molar-refractivity contribution is 8.14. The van der Waals surface area contributed by atoms with Crippen LogP contribution in [0.4, 0.5) is 13.2 Å². The fraction of sp³-hybridized carbons (Fsp3) is 0.455. The monoisotopic (exact) mass is 348 g/mol. The number of alkyl halides is 3. The second-order valence-corrected chi connectivity index (χ2v) is 6.56. The van der Waals surface area contributed by atoms with Gasteiger partial charge < -0.3 is 14.2 Å². The van der Waals surface area contributed by atoms with Crippen molar-refractivity contribution in [2.45, 2.75) is 11.4 Å². The van der Waals surface area contributed by atoms with Crippen molar-refractivity contribution in [2.24, 2.45) is 0 Å². The van der Waals surface area contributed by atoms with Gasteiger partial charge in [-0.15, -0.1) is 0 Å². The summed E-state index contributed by atoms with van der Waals surface area (Å²) in [6.07, 6.45) is -5.14. The SMILES string of the molecule is COc1cc(OC)c(C(C(F)(F)F)S(=O)(=O)Cl)c(OC)c1. The van der Waals surface area contributed by atoms with Crippen LogP contribution in [0.1, 0.15) is 10.8 Å². The number of benzene rings is 1. The van der Waals surface area contributed by atoms with Crippen molar-refractivity contribution in [1.29, 1.82) is 0 Å². The molecular weight excluding hydrogens is 337 g/mol. The molecule has 0 aliphatic carbocycles. The van der Waals surface area contributed by atoms with Crippen LogP contribution >= 0.6 is 10.7 Å². The Balaban J connectivity index is 3.73. The van der Waals surface area contributed by atoms with Gasteiger partial charge in [-0.25, -0.2) is 8.42 Å². The van der Waals surface area contributed by atoms with Gasteiger partial charge in [0.15, 0.2) is 0 Å². The number of halogens is 4. The maximum absolute atomic E-state index is 13.1. The first-order chi connectivity index (χ1) is 9.56. The molecular formula is C11H12ClF3O5S. The Morgan fingerprint density at radius 2 is 1.48 bits per heavy atom. The summed E-state index contributed by atoms with van der Waals surface area (Å²) < 4.78 is 76.6. The maximum Gasteiger partial charge on any atom is 0.411 e. The van der Waals surface area contributed by atoms with Crippen LogP contribution < -0.4 is 14.2 Å². The molecule has 0 saturated heterocycles. The van der Waals surface area contributed by atoms with Crippen molar-refractivity contribution < 1.29 is 35.8 Å². The second kappa shape index (κ2) is 6.18. The molecule has 0 aromatic heterocycles. The number of ether oxygens (including phenoxy) is 3. The molecule has 0 amide bonds. The molecule has 1 aromatic rings. The van der Waals surface area contributed by atoms with Gasteiger partial charge in [0.25, 0.3) is 0 Å². The summed E-state index contributed by atoms with van der Waals surface area (Å²) in [5.41, 5.74) is -0.733. The Hall–Kier alpha value is -1.35. The molecule has 0 radical (unpaired) electrons. The molecule has 1 aromatic carbocycles. The van der Waals surface area contributed by atoms with Gasteiger partial charge >= 0.3 is 6.18 Å². The lowest BCUT2D eigenvalue weighted by molar-refractivity contribution is -0.131. The lowest BCUT2D eigenvalue weighted by Gasteiger charge is -2.22. The Morgan fingerprint density at radius 1 is 1.05 bits per heavy atom. The Labute approximate surface area is 124 Å². The van der Waals surface area contributed by atoms with E-state index < -0.39 is 26.0 Å². The molecule has 120 valence electrons. The second-order valence-electron chi connectivity index (χ2n) is 3.84. The standard InChI is InChI=1S/C11H12ClF3O5S/c1-18-6-4-7(19-2)9(8(5-6)20-3)10(11(13,14)15)21(12,16)17/h4-5,10H,1-3H3. The van der Waals surface area contributed by atoms with Crippen molar-refractivity contribution in [3.8, 4) is 17.2 Å². The van der Waals surface area contributed by atoms with Crippen molar-refractivity contribution in [2.75, 3.05) is 21.3 Å². The third-order valence-corrected chi connectivity index (χ3v) is 4.19. The van der Waals surface area contributed by atoms with Gasteiger partial charge in [0, 0.05) is 22.8 Å². The molecule has 0 aliphatic rings. The summed E-state index contributed by atoms with van der Waals surface area (Å²) >= 11 is 0. The number of rotatable bonds is 5. The summed E-state index contributed by atoms with van der Waals surface area (Å²) in [5, 5.41) is -2.98. The van der Waals surface area contributed by atoms with Crippen LogP contribution in [0.2, 0.25) is 0 Å². The first kappa shape index (κ1) is 17.7. The van der Waals surface area contributed by atoms with Crippen molar-refractivity contribution in [3.63, 3.8) is 0 Å². The first-order valence-electron chi connectivity index (χ1n) is 5.36. The minimum atomic E-state index is -5.14. The van der Waals surface area contributed by atoms with Crippen molar-refractivity contribution >= 4 is 19.7 Å². The highest BCUT2D eigenvalue weighted by Gasteiger charge is 2.52. The zero-order valence-corrected chi connectivity index (χ0v) is 12.8. The molecule has 21 heavy (non-hydrogen) atoms. The number of hydrogen-bond donors (Lipinski definition) is 0. The molecule has 0 heterocycles. The molecule has 0 bridgehead atoms. The zero-order valence-electron chi connectivity index (χ0n) is 11.2. The fourth-order valence-corrected chi connectivity index (χ4v) is 3.16. The van der Waals surface area contributed by atoms with E-state index in [1.165, 1.54) is 7.11 Å².